The highest BCUT2D eigenvalue weighted by atomic mass is 32.1. The highest BCUT2D eigenvalue weighted by Gasteiger charge is 2.28. The minimum absolute atomic E-state index is 0.0773. The lowest BCUT2D eigenvalue weighted by Crippen LogP contribution is -2.50. The third-order valence-corrected chi connectivity index (χ3v) is 4.78. The molecule has 0 amide bonds. The van der Waals surface area contributed by atoms with Crippen molar-refractivity contribution in [1.29, 1.82) is 0 Å². The van der Waals surface area contributed by atoms with Gasteiger partial charge in [0.05, 0.1) is 12.6 Å². The molecule has 24 heavy (non-hydrogen) atoms. The number of aliphatic imine (C=N–C) groups is 1. The zero-order chi connectivity index (χ0) is 16.9. The number of guanidine groups is 1. The summed E-state index contributed by atoms with van der Waals surface area (Å²) in [5, 5.41) is 7.61. The van der Waals surface area contributed by atoms with Crippen LogP contribution in [0.15, 0.2) is 46.1 Å². The summed E-state index contributed by atoms with van der Waals surface area (Å²) in [5.74, 6) is 0.635. The van der Waals surface area contributed by atoms with Gasteiger partial charge in [0.1, 0.15) is 11.9 Å². The van der Waals surface area contributed by atoms with Crippen LogP contribution in [0.1, 0.15) is 24.2 Å². The molecular weight excluding hydrogens is 325 g/mol. The largest absolute Gasteiger partial charge is 0.367 e. The highest BCUT2D eigenvalue weighted by molar-refractivity contribution is 7.07. The zero-order valence-electron chi connectivity index (χ0n) is 13.9. The molecule has 1 saturated heterocycles. The van der Waals surface area contributed by atoms with Crippen molar-refractivity contribution in [3.05, 3.63) is 58.0 Å². The number of thiophene rings is 1. The summed E-state index contributed by atoms with van der Waals surface area (Å²) in [6.45, 7) is 4.28. The predicted octanol–water partition coefficient (Wildman–Crippen LogP) is 3.42. The molecule has 1 fully saturated rings. The first-order valence-corrected chi connectivity index (χ1v) is 8.97. The molecule has 128 valence electrons. The molecule has 2 atom stereocenters. The molecule has 0 radical (unpaired) electrons. The van der Waals surface area contributed by atoms with Crippen molar-refractivity contribution >= 4 is 17.3 Å². The van der Waals surface area contributed by atoms with Gasteiger partial charge in [-0.05, 0) is 47.0 Å². The van der Waals surface area contributed by atoms with Crippen LogP contribution in [0.4, 0.5) is 4.39 Å². The quantitative estimate of drug-likeness (QED) is 0.683. The van der Waals surface area contributed by atoms with Gasteiger partial charge >= 0.3 is 0 Å². The van der Waals surface area contributed by atoms with E-state index in [1.165, 1.54) is 17.7 Å². The summed E-state index contributed by atoms with van der Waals surface area (Å²) < 4.78 is 19.2. The number of nitrogens with one attached hydrogen (secondary N) is 1. The standard InChI is InChI=1S/C18H22FN3OS/c1-13-10-22(18(20-2)21-9-14-7-8-24-12-14)11-17(23-13)15-3-5-16(19)6-4-15/h3-8,12-13,17H,9-11H2,1-2H3,(H,20,21). The number of benzene rings is 1. The fraction of sp³-hybridized carbons (Fsp3) is 0.389. The van der Waals surface area contributed by atoms with Crippen molar-refractivity contribution in [2.75, 3.05) is 20.1 Å². The summed E-state index contributed by atoms with van der Waals surface area (Å²) >= 11 is 1.69. The summed E-state index contributed by atoms with van der Waals surface area (Å²) in [5.41, 5.74) is 2.23. The van der Waals surface area contributed by atoms with Crippen LogP contribution in [0.5, 0.6) is 0 Å². The SMILES string of the molecule is CN=C(NCc1ccsc1)N1CC(C)OC(c2ccc(F)cc2)C1. The molecule has 1 aliphatic heterocycles. The second-order valence-electron chi connectivity index (χ2n) is 5.92. The monoisotopic (exact) mass is 347 g/mol. The van der Waals surface area contributed by atoms with E-state index in [0.29, 0.717) is 6.54 Å². The second kappa shape index (κ2) is 7.77. The Morgan fingerprint density at radius 1 is 1.33 bits per heavy atom. The molecule has 2 aromatic rings. The summed E-state index contributed by atoms with van der Waals surface area (Å²) in [6.07, 6.45) is -0.0115. The maximum atomic E-state index is 13.1. The Balaban J connectivity index is 1.68. The number of rotatable bonds is 3. The molecule has 3 rings (SSSR count). The van der Waals surface area contributed by atoms with E-state index >= 15 is 0 Å². The van der Waals surface area contributed by atoms with Gasteiger partial charge in [-0.25, -0.2) is 4.39 Å². The number of hydrogen-bond donors (Lipinski definition) is 1. The average molecular weight is 347 g/mol. The molecule has 2 unspecified atom stereocenters. The maximum absolute atomic E-state index is 13.1. The number of ether oxygens (including phenoxy) is 1. The average Bonchev–Trinajstić information content (AvgIpc) is 3.09. The Morgan fingerprint density at radius 2 is 2.12 bits per heavy atom. The molecular formula is C18H22FN3OS. The minimum atomic E-state index is -0.229. The van der Waals surface area contributed by atoms with Crippen LogP contribution in [0.2, 0.25) is 0 Å². The lowest BCUT2D eigenvalue weighted by Gasteiger charge is -2.38. The van der Waals surface area contributed by atoms with Gasteiger partial charge in [-0.1, -0.05) is 12.1 Å². The fourth-order valence-electron chi connectivity index (χ4n) is 2.89. The first kappa shape index (κ1) is 16.9. The lowest BCUT2D eigenvalue weighted by atomic mass is 10.1. The summed E-state index contributed by atoms with van der Waals surface area (Å²) in [6, 6.07) is 8.64. The molecule has 4 nitrogen and oxygen atoms in total. The second-order valence-corrected chi connectivity index (χ2v) is 6.70. The van der Waals surface area contributed by atoms with Crippen LogP contribution in [0.25, 0.3) is 0 Å². The Kier molecular flexibility index (Phi) is 5.48. The number of hydrogen-bond acceptors (Lipinski definition) is 3. The predicted molar refractivity (Wildman–Crippen MR) is 95.8 cm³/mol. The van der Waals surface area contributed by atoms with Crippen molar-refractivity contribution in [2.24, 2.45) is 4.99 Å². The van der Waals surface area contributed by atoms with Gasteiger partial charge < -0.3 is 15.0 Å². The molecule has 1 N–H and O–H groups in total. The van der Waals surface area contributed by atoms with Gasteiger partial charge in [0, 0.05) is 20.1 Å². The van der Waals surface area contributed by atoms with E-state index in [9.17, 15) is 4.39 Å². The number of morpholine rings is 1. The molecule has 1 aromatic carbocycles. The number of halogens is 1. The van der Waals surface area contributed by atoms with Gasteiger partial charge in [-0.2, -0.15) is 11.3 Å². The minimum Gasteiger partial charge on any atom is -0.367 e. The van der Waals surface area contributed by atoms with Crippen molar-refractivity contribution in [2.45, 2.75) is 25.7 Å². The van der Waals surface area contributed by atoms with Crippen molar-refractivity contribution in [3.63, 3.8) is 0 Å². The van der Waals surface area contributed by atoms with Crippen LogP contribution in [-0.4, -0.2) is 37.1 Å². The van der Waals surface area contributed by atoms with E-state index in [4.69, 9.17) is 4.74 Å². The van der Waals surface area contributed by atoms with E-state index in [-0.39, 0.29) is 18.0 Å². The zero-order valence-corrected chi connectivity index (χ0v) is 14.7. The summed E-state index contributed by atoms with van der Waals surface area (Å²) in [4.78, 5) is 6.61. The van der Waals surface area contributed by atoms with Gasteiger partial charge in [0.2, 0.25) is 0 Å². The van der Waals surface area contributed by atoms with Crippen LogP contribution in [0.3, 0.4) is 0 Å². The summed E-state index contributed by atoms with van der Waals surface area (Å²) in [7, 11) is 1.79. The fourth-order valence-corrected chi connectivity index (χ4v) is 3.56. The molecule has 0 aliphatic carbocycles. The molecule has 1 aromatic heterocycles. The van der Waals surface area contributed by atoms with Crippen LogP contribution < -0.4 is 5.32 Å². The van der Waals surface area contributed by atoms with E-state index in [0.717, 1.165) is 24.6 Å². The maximum Gasteiger partial charge on any atom is 0.194 e. The Morgan fingerprint density at radius 3 is 2.79 bits per heavy atom. The van der Waals surface area contributed by atoms with E-state index < -0.39 is 0 Å². The topological polar surface area (TPSA) is 36.9 Å². The normalized spacial score (nSPS) is 21.8. The van der Waals surface area contributed by atoms with Gasteiger partial charge in [-0.15, -0.1) is 0 Å². The molecule has 0 bridgehead atoms. The highest BCUT2D eigenvalue weighted by Crippen LogP contribution is 2.25. The third kappa shape index (κ3) is 4.13. The van der Waals surface area contributed by atoms with Crippen LogP contribution in [0, 0.1) is 5.82 Å². The van der Waals surface area contributed by atoms with Crippen molar-refractivity contribution in [1.82, 2.24) is 10.2 Å². The van der Waals surface area contributed by atoms with E-state index in [1.54, 1.807) is 30.5 Å². The van der Waals surface area contributed by atoms with E-state index in [1.807, 2.05) is 0 Å². The van der Waals surface area contributed by atoms with Crippen molar-refractivity contribution in [3.8, 4) is 0 Å². The Bertz CT molecular complexity index is 672. The van der Waals surface area contributed by atoms with Gasteiger partial charge in [-0.3, -0.25) is 4.99 Å². The first-order chi connectivity index (χ1) is 11.7. The Labute approximate surface area is 146 Å². The van der Waals surface area contributed by atoms with Gasteiger partial charge in [0.25, 0.3) is 0 Å². The van der Waals surface area contributed by atoms with Crippen molar-refractivity contribution < 1.29 is 9.13 Å². The van der Waals surface area contributed by atoms with E-state index in [2.05, 4.69) is 39.0 Å². The first-order valence-electron chi connectivity index (χ1n) is 8.03. The Hall–Kier alpha value is -1.92. The smallest absolute Gasteiger partial charge is 0.194 e. The third-order valence-electron chi connectivity index (χ3n) is 4.04. The molecule has 0 spiro atoms. The van der Waals surface area contributed by atoms with Crippen LogP contribution >= 0.6 is 11.3 Å². The lowest BCUT2D eigenvalue weighted by molar-refractivity contribution is -0.0605. The molecule has 6 heteroatoms. The number of nitrogens with zero attached hydrogens (tertiary/aromatic N) is 2. The van der Waals surface area contributed by atoms with Gasteiger partial charge in [0.15, 0.2) is 5.96 Å². The van der Waals surface area contributed by atoms with Crippen LogP contribution in [-0.2, 0) is 11.3 Å². The molecule has 0 saturated carbocycles. The molecule has 2 heterocycles. The molecule has 1 aliphatic rings.